The fourth-order valence-corrected chi connectivity index (χ4v) is 3.04. The van der Waals surface area contributed by atoms with Gasteiger partial charge in [-0.3, -0.25) is 4.98 Å². The van der Waals surface area contributed by atoms with Crippen molar-refractivity contribution >= 4 is 22.6 Å². The Hall–Kier alpha value is -0.950. The summed E-state index contributed by atoms with van der Waals surface area (Å²) in [6, 6.07) is 6.08. The lowest BCUT2D eigenvalue weighted by Gasteiger charge is -2.24. The molecule has 4 nitrogen and oxygen atoms in total. The molecule has 1 unspecified atom stereocenters. The Morgan fingerprint density at radius 3 is 3.00 bits per heavy atom. The summed E-state index contributed by atoms with van der Waals surface area (Å²) in [6.45, 7) is 2.83. The molecule has 0 N–H and O–H groups in total. The maximum atomic E-state index is 5.84. The highest BCUT2D eigenvalue weighted by molar-refractivity contribution is 14.1. The van der Waals surface area contributed by atoms with Crippen LogP contribution in [0.15, 0.2) is 24.4 Å². The van der Waals surface area contributed by atoms with E-state index < -0.39 is 0 Å². The Kier molecular flexibility index (Phi) is 3.83. The molecule has 1 fully saturated rings. The normalized spacial score (nSPS) is 19.6. The van der Waals surface area contributed by atoms with E-state index in [2.05, 4.69) is 32.7 Å². The monoisotopic (exact) mass is 369 g/mol. The Bertz CT molecular complexity index is 576. The summed E-state index contributed by atoms with van der Waals surface area (Å²) in [5, 5.41) is 4.49. The molecule has 3 heterocycles. The second kappa shape index (κ2) is 5.58. The zero-order chi connectivity index (χ0) is 13.2. The van der Waals surface area contributed by atoms with Crippen molar-refractivity contribution in [2.45, 2.75) is 32.4 Å². The predicted octanol–water partition coefficient (Wildman–Crippen LogP) is 3.56. The highest BCUT2D eigenvalue weighted by Crippen LogP contribution is 2.30. The molecule has 1 aliphatic heterocycles. The van der Waals surface area contributed by atoms with Gasteiger partial charge in [0.25, 0.3) is 0 Å². The molecule has 1 aliphatic rings. The van der Waals surface area contributed by atoms with Crippen LogP contribution in [-0.2, 0) is 4.74 Å². The number of pyridine rings is 1. The fraction of sp³-hybridized carbons (Fsp3) is 0.429. The molecule has 100 valence electrons. The lowest BCUT2D eigenvalue weighted by atomic mass is 10.2. The first kappa shape index (κ1) is 13.1. The Labute approximate surface area is 126 Å². The SMILES string of the molecule is Cc1cccc(-c2c(I)cnn2C2CCCCO2)n1. The standard InChI is InChI=1S/C14H16IN3O/c1-10-5-4-6-12(17-10)14-11(15)9-16-18(14)13-7-2-3-8-19-13/h4-6,9,13H,2-3,7-8H2,1H3. The summed E-state index contributed by atoms with van der Waals surface area (Å²) in [4.78, 5) is 4.61. The number of halogens is 1. The van der Waals surface area contributed by atoms with Crippen LogP contribution in [0, 0.1) is 10.5 Å². The molecular weight excluding hydrogens is 353 g/mol. The van der Waals surface area contributed by atoms with E-state index >= 15 is 0 Å². The van der Waals surface area contributed by atoms with Gasteiger partial charge in [0, 0.05) is 12.3 Å². The third-order valence-corrected chi connectivity index (χ3v) is 4.10. The maximum Gasteiger partial charge on any atom is 0.150 e. The third-order valence-electron chi connectivity index (χ3n) is 3.31. The van der Waals surface area contributed by atoms with Crippen molar-refractivity contribution in [1.82, 2.24) is 14.8 Å². The molecule has 5 heteroatoms. The van der Waals surface area contributed by atoms with Gasteiger partial charge in [0.2, 0.25) is 0 Å². The van der Waals surface area contributed by atoms with Crippen molar-refractivity contribution in [1.29, 1.82) is 0 Å². The molecule has 2 aromatic heterocycles. The van der Waals surface area contributed by atoms with Gasteiger partial charge in [-0.15, -0.1) is 0 Å². The number of aryl methyl sites for hydroxylation is 1. The molecule has 0 aliphatic carbocycles. The number of nitrogens with zero attached hydrogens (tertiary/aromatic N) is 3. The highest BCUT2D eigenvalue weighted by atomic mass is 127. The quantitative estimate of drug-likeness (QED) is 0.760. The largest absolute Gasteiger partial charge is 0.356 e. The van der Waals surface area contributed by atoms with Crippen molar-refractivity contribution < 1.29 is 4.74 Å². The van der Waals surface area contributed by atoms with Gasteiger partial charge in [-0.2, -0.15) is 5.10 Å². The minimum atomic E-state index is 0.0505. The lowest BCUT2D eigenvalue weighted by Crippen LogP contribution is -2.20. The summed E-state index contributed by atoms with van der Waals surface area (Å²) in [7, 11) is 0. The molecule has 1 atom stereocenters. The van der Waals surface area contributed by atoms with Crippen molar-refractivity contribution in [2.75, 3.05) is 6.61 Å². The van der Waals surface area contributed by atoms with Crippen LogP contribution in [0.25, 0.3) is 11.4 Å². The number of ether oxygens (including phenoxy) is 1. The molecule has 3 rings (SSSR count). The second-order valence-corrected chi connectivity index (χ2v) is 5.93. The van der Waals surface area contributed by atoms with Crippen LogP contribution in [0.3, 0.4) is 0 Å². The van der Waals surface area contributed by atoms with E-state index in [1.807, 2.05) is 36.0 Å². The van der Waals surface area contributed by atoms with Gasteiger partial charge in [-0.25, -0.2) is 4.68 Å². The average molecular weight is 369 g/mol. The van der Waals surface area contributed by atoms with E-state index in [4.69, 9.17) is 4.74 Å². The molecule has 1 saturated heterocycles. The first-order valence-electron chi connectivity index (χ1n) is 6.54. The van der Waals surface area contributed by atoms with Crippen molar-refractivity contribution in [3.63, 3.8) is 0 Å². The van der Waals surface area contributed by atoms with Gasteiger partial charge in [-0.05, 0) is 60.9 Å². The summed E-state index contributed by atoms with van der Waals surface area (Å²) >= 11 is 2.31. The first-order valence-corrected chi connectivity index (χ1v) is 7.62. The number of hydrogen-bond donors (Lipinski definition) is 0. The molecule has 0 bridgehead atoms. The van der Waals surface area contributed by atoms with Crippen molar-refractivity contribution in [3.8, 4) is 11.4 Å². The third kappa shape index (κ3) is 2.67. The minimum Gasteiger partial charge on any atom is -0.356 e. The highest BCUT2D eigenvalue weighted by Gasteiger charge is 2.22. The zero-order valence-electron chi connectivity index (χ0n) is 10.8. The van der Waals surface area contributed by atoms with Crippen LogP contribution in [0.5, 0.6) is 0 Å². The van der Waals surface area contributed by atoms with E-state index in [1.54, 1.807) is 0 Å². The molecule has 0 radical (unpaired) electrons. The van der Waals surface area contributed by atoms with Gasteiger partial charge in [0.1, 0.15) is 5.69 Å². The Balaban J connectivity index is 2.03. The summed E-state index contributed by atoms with van der Waals surface area (Å²) in [6.07, 6.45) is 5.30. The fourth-order valence-electron chi connectivity index (χ4n) is 2.39. The van der Waals surface area contributed by atoms with Gasteiger partial charge >= 0.3 is 0 Å². The molecule has 0 saturated carbocycles. The van der Waals surface area contributed by atoms with E-state index in [-0.39, 0.29) is 6.23 Å². The molecule has 0 aromatic carbocycles. The van der Waals surface area contributed by atoms with Crippen molar-refractivity contribution in [3.05, 3.63) is 33.7 Å². The predicted molar refractivity (Wildman–Crippen MR) is 81.8 cm³/mol. The van der Waals surface area contributed by atoms with Gasteiger partial charge in [0.15, 0.2) is 6.23 Å². The van der Waals surface area contributed by atoms with E-state index in [0.29, 0.717) is 0 Å². The molecular formula is C14H16IN3O. The minimum absolute atomic E-state index is 0.0505. The van der Waals surface area contributed by atoms with Crippen LogP contribution in [-0.4, -0.2) is 21.4 Å². The van der Waals surface area contributed by atoms with Crippen LogP contribution in [0.1, 0.15) is 31.2 Å². The van der Waals surface area contributed by atoms with Crippen molar-refractivity contribution in [2.24, 2.45) is 0 Å². The van der Waals surface area contributed by atoms with E-state index in [1.165, 1.54) is 6.42 Å². The van der Waals surface area contributed by atoms with Gasteiger partial charge in [0.05, 0.1) is 15.5 Å². The number of aromatic nitrogens is 3. The first-order chi connectivity index (χ1) is 9.25. The average Bonchev–Trinajstić information content (AvgIpc) is 2.82. The zero-order valence-corrected chi connectivity index (χ0v) is 13.0. The Morgan fingerprint density at radius 2 is 2.26 bits per heavy atom. The topological polar surface area (TPSA) is 39.9 Å². The van der Waals surface area contributed by atoms with Gasteiger partial charge in [-0.1, -0.05) is 6.07 Å². The number of rotatable bonds is 2. The van der Waals surface area contributed by atoms with E-state index in [9.17, 15) is 0 Å². The van der Waals surface area contributed by atoms with E-state index in [0.717, 1.165) is 40.1 Å². The molecule has 0 spiro atoms. The number of hydrogen-bond acceptors (Lipinski definition) is 3. The maximum absolute atomic E-state index is 5.84. The second-order valence-electron chi connectivity index (χ2n) is 4.77. The summed E-state index contributed by atoms with van der Waals surface area (Å²) < 4.78 is 8.94. The molecule has 2 aromatic rings. The molecule has 19 heavy (non-hydrogen) atoms. The van der Waals surface area contributed by atoms with Crippen LogP contribution in [0.2, 0.25) is 0 Å². The van der Waals surface area contributed by atoms with Crippen LogP contribution in [0.4, 0.5) is 0 Å². The smallest absolute Gasteiger partial charge is 0.150 e. The lowest BCUT2D eigenvalue weighted by molar-refractivity contribution is -0.0384. The summed E-state index contributed by atoms with van der Waals surface area (Å²) in [5.74, 6) is 0. The van der Waals surface area contributed by atoms with Crippen LogP contribution < -0.4 is 0 Å². The van der Waals surface area contributed by atoms with Crippen LogP contribution >= 0.6 is 22.6 Å². The van der Waals surface area contributed by atoms with Gasteiger partial charge < -0.3 is 4.74 Å². The Morgan fingerprint density at radius 1 is 1.37 bits per heavy atom. The molecule has 0 amide bonds. The summed E-state index contributed by atoms with van der Waals surface area (Å²) in [5.41, 5.74) is 3.05.